The quantitative estimate of drug-likeness (QED) is 0.361. The summed E-state index contributed by atoms with van der Waals surface area (Å²) < 4.78 is 10.6. The maximum Gasteiger partial charge on any atom is 0.315 e. The monoisotopic (exact) mass is 420 g/mol. The van der Waals surface area contributed by atoms with Gasteiger partial charge >= 0.3 is 5.97 Å². The maximum atomic E-state index is 11.2. The van der Waals surface area contributed by atoms with Gasteiger partial charge < -0.3 is 9.47 Å². The second-order valence-electron chi connectivity index (χ2n) is 7.15. The zero-order valence-electron chi connectivity index (χ0n) is 17.6. The van der Waals surface area contributed by atoms with E-state index in [9.17, 15) is 4.79 Å². The van der Waals surface area contributed by atoms with Gasteiger partial charge in [0.2, 0.25) is 0 Å². The fraction of sp³-hybridized carbons (Fsp3) is 0.269. The molecule has 4 heteroatoms. The summed E-state index contributed by atoms with van der Waals surface area (Å²) in [6.07, 6.45) is 2.30. The summed E-state index contributed by atoms with van der Waals surface area (Å²) in [5, 5.41) is 0. The number of rotatable bonds is 10. The van der Waals surface area contributed by atoms with Crippen LogP contribution in [0.3, 0.4) is 0 Å². The molecule has 0 aliphatic heterocycles. The van der Waals surface area contributed by atoms with Gasteiger partial charge in [0.15, 0.2) is 0 Å². The zero-order chi connectivity index (χ0) is 21.2. The summed E-state index contributed by atoms with van der Waals surface area (Å²) >= 11 is 1.54. The summed E-state index contributed by atoms with van der Waals surface area (Å²) in [6.45, 7) is 2.73. The van der Waals surface area contributed by atoms with Gasteiger partial charge in [0.25, 0.3) is 0 Å². The van der Waals surface area contributed by atoms with Gasteiger partial charge in [0.05, 0.1) is 12.9 Å². The highest BCUT2D eigenvalue weighted by molar-refractivity contribution is 7.99. The summed E-state index contributed by atoms with van der Waals surface area (Å²) in [5.41, 5.74) is 6.10. The predicted molar refractivity (Wildman–Crippen MR) is 125 cm³/mol. The molecular weight excluding hydrogens is 392 g/mol. The molecule has 0 atom stereocenters. The van der Waals surface area contributed by atoms with Gasteiger partial charge in [-0.1, -0.05) is 74.0 Å². The SMILES string of the molecule is CCCc1ccc(-c2ccc(COc3cccc(CSCC(=O)OC)c3)cc2)cc1. The Bertz CT molecular complexity index is 933. The lowest BCUT2D eigenvalue weighted by atomic mass is 10.0. The van der Waals surface area contributed by atoms with E-state index in [0.29, 0.717) is 12.4 Å². The maximum absolute atomic E-state index is 11.2. The van der Waals surface area contributed by atoms with Crippen molar-refractivity contribution in [3.63, 3.8) is 0 Å². The molecule has 0 aromatic heterocycles. The fourth-order valence-electron chi connectivity index (χ4n) is 3.15. The summed E-state index contributed by atoms with van der Waals surface area (Å²) in [5.74, 6) is 1.74. The molecule has 0 saturated carbocycles. The van der Waals surface area contributed by atoms with Crippen LogP contribution >= 0.6 is 11.8 Å². The standard InChI is InChI=1S/C26H28O3S/c1-3-5-20-8-12-23(13-9-20)24-14-10-21(11-15-24)17-29-25-7-4-6-22(16-25)18-30-19-26(27)28-2/h4,6-16H,3,5,17-19H2,1-2H3. The number of ether oxygens (including phenoxy) is 2. The van der Waals surface area contributed by atoms with Gasteiger partial charge in [-0.2, -0.15) is 0 Å². The van der Waals surface area contributed by atoms with Crippen LogP contribution in [0.15, 0.2) is 72.8 Å². The number of carbonyl (C=O) groups is 1. The molecule has 0 unspecified atom stereocenters. The minimum absolute atomic E-state index is 0.201. The zero-order valence-corrected chi connectivity index (χ0v) is 18.4. The van der Waals surface area contributed by atoms with Crippen LogP contribution in [0.1, 0.15) is 30.0 Å². The van der Waals surface area contributed by atoms with E-state index in [1.165, 1.54) is 42.0 Å². The lowest BCUT2D eigenvalue weighted by Crippen LogP contribution is -2.03. The van der Waals surface area contributed by atoms with E-state index >= 15 is 0 Å². The van der Waals surface area contributed by atoms with Gasteiger partial charge in [-0.05, 0) is 46.4 Å². The lowest BCUT2D eigenvalue weighted by molar-refractivity contribution is -0.137. The number of hydrogen-bond acceptors (Lipinski definition) is 4. The first-order valence-corrected chi connectivity index (χ1v) is 11.4. The van der Waals surface area contributed by atoms with Crippen molar-refractivity contribution in [3.05, 3.63) is 89.5 Å². The molecule has 0 N–H and O–H groups in total. The third kappa shape index (κ3) is 6.67. The van der Waals surface area contributed by atoms with Gasteiger partial charge in [0, 0.05) is 5.75 Å². The molecule has 0 saturated heterocycles. The van der Waals surface area contributed by atoms with Crippen molar-refractivity contribution in [1.29, 1.82) is 0 Å². The summed E-state index contributed by atoms with van der Waals surface area (Å²) in [7, 11) is 1.41. The average Bonchev–Trinajstić information content (AvgIpc) is 2.79. The van der Waals surface area contributed by atoms with E-state index in [-0.39, 0.29) is 5.97 Å². The topological polar surface area (TPSA) is 35.5 Å². The first-order valence-electron chi connectivity index (χ1n) is 10.2. The second kappa shape index (κ2) is 11.5. The highest BCUT2D eigenvalue weighted by Gasteiger charge is 2.04. The average molecular weight is 421 g/mol. The van der Waals surface area contributed by atoms with E-state index in [0.717, 1.165) is 29.1 Å². The molecule has 30 heavy (non-hydrogen) atoms. The van der Waals surface area contributed by atoms with Crippen molar-refractivity contribution in [1.82, 2.24) is 0 Å². The molecule has 0 amide bonds. The van der Waals surface area contributed by atoms with Crippen LogP contribution in [0.5, 0.6) is 5.75 Å². The largest absolute Gasteiger partial charge is 0.489 e. The Morgan fingerprint density at radius 3 is 2.17 bits per heavy atom. The van der Waals surface area contributed by atoms with Crippen molar-refractivity contribution >= 4 is 17.7 Å². The van der Waals surface area contributed by atoms with Crippen molar-refractivity contribution in [3.8, 4) is 16.9 Å². The normalized spacial score (nSPS) is 10.6. The first kappa shape index (κ1) is 22.0. The highest BCUT2D eigenvalue weighted by atomic mass is 32.2. The molecular formula is C26H28O3S. The van der Waals surface area contributed by atoms with Crippen LogP contribution in [0.4, 0.5) is 0 Å². The molecule has 0 fully saturated rings. The predicted octanol–water partition coefficient (Wildman–Crippen LogP) is 6.29. The summed E-state index contributed by atoms with van der Waals surface area (Å²) in [6, 6.07) is 25.3. The number of hydrogen-bond donors (Lipinski definition) is 0. The Labute approximate surface area is 183 Å². The first-order chi connectivity index (χ1) is 14.7. The molecule has 3 aromatic carbocycles. The van der Waals surface area contributed by atoms with Crippen LogP contribution in [0.2, 0.25) is 0 Å². The molecule has 156 valence electrons. The van der Waals surface area contributed by atoms with Crippen molar-refractivity contribution in [2.24, 2.45) is 0 Å². The number of aryl methyl sites for hydroxylation is 1. The third-order valence-electron chi connectivity index (χ3n) is 4.80. The second-order valence-corrected chi connectivity index (χ2v) is 8.13. The Hall–Kier alpha value is -2.72. The Morgan fingerprint density at radius 2 is 1.53 bits per heavy atom. The van der Waals surface area contributed by atoms with E-state index in [4.69, 9.17) is 4.74 Å². The number of thioether (sulfide) groups is 1. The fourth-order valence-corrected chi connectivity index (χ4v) is 3.95. The summed E-state index contributed by atoms with van der Waals surface area (Å²) in [4.78, 5) is 11.2. The number of esters is 1. The van der Waals surface area contributed by atoms with Crippen LogP contribution < -0.4 is 4.74 Å². The van der Waals surface area contributed by atoms with Crippen LogP contribution in [0.25, 0.3) is 11.1 Å². The molecule has 0 spiro atoms. The van der Waals surface area contributed by atoms with Crippen LogP contribution in [0, 0.1) is 0 Å². The van der Waals surface area contributed by atoms with Gasteiger partial charge in [-0.25, -0.2) is 0 Å². The Balaban J connectivity index is 1.53. The smallest absolute Gasteiger partial charge is 0.315 e. The molecule has 3 nitrogen and oxygen atoms in total. The molecule has 0 aliphatic carbocycles. The van der Waals surface area contributed by atoms with Gasteiger partial charge in [0.1, 0.15) is 12.4 Å². The van der Waals surface area contributed by atoms with E-state index in [1.54, 1.807) is 0 Å². The minimum Gasteiger partial charge on any atom is -0.489 e. The van der Waals surface area contributed by atoms with Crippen LogP contribution in [-0.2, 0) is 28.3 Å². The minimum atomic E-state index is -0.201. The molecule has 0 aliphatic rings. The van der Waals surface area contributed by atoms with Crippen molar-refractivity contribution in [2.75, 3.05) is 12.9 Å². The molecule has 3 rings (SSSR count). The third-order valence-corrected chi connectivity index (χ3v) is 5.78. The number of methoxy groups -OCH3 is 1. The molecule has 0 bridgehead atoms. The van der Waals surface area contributed by atoms with Gasteiger partial charge in [-0.15, -0.1) is 11.8 Å². The van der Waals surface area contributed by atoms with Gasteiger partial charge in [-0.3, -0.25) is 4.79 Å². The van der Waals surface area contributed by atoms with E-state index in [1.807, 2.05) is 24.3 Å². The Kier molecular flexibility index (Phi) is 8.40. The number of carbonyl (C=O) groups excluding carboxylic acids is 1. The molecule has 0 radical (unpaired) electrons. The Morgan fingerprint density at radius 1 is 0.867 bits per heavy atom. The van der Waals surface area contributed by atoms with Crippen molar-refractivity contribution < 1.29 is 14.3 Å². The van der Waals surface area contributed by atoms with E-state index < -0.39 is 0 Å². The highest BCUT2D eigenvalue weighted by Crippen LogP contribution is 2.22. The van der Waals surface area contributed by atoms with E-state index in [2.05, 4.69) is 60.2 Å². The molecule has 0 heterocycles. The van der Waals surface area contributed by atoms with Crippen molar-refractivity contribution in [2.45, 2.75) is 32.1 Å². The lowest BCUT2D eigenvalue weighted by Gasteiger charge is -2.09. The number of benzene rings is 3. The van der Waals surface area contributed by atoms with Crippen LogP contribution in [-0.4, -0.2) is 18.8 Å². The molecule has 3 aromatic rings.